The molecule has 22 heavy (non-hydrogen) atoms. The topological polar surface area (TPSA) is 73.1 Å². The molecule has 0 aliphatic carbocycles. The minimum Gasteiger partial charge on any atom is -0.295 e. The normalized spacial score (nSPS) is 18.6. The van der Waals surface area contributed by atoms with Gasteiger partial charge in [-0.2, -0.15) is 0 Å². The molecule has 1 atom stereocenters. The van der Waals surface area contributed by atoms with Crippen LogP contribution in [-0.4, -0.2) is 20.9 Å². The van der Waals surface area contributed by atoms with E-state index in [1.165, 1.54) is 9.13 Å². The lowest BCUT2D eigenvalue weighted by Gasteiger charge is -2.21. The molecule has 2 heterocycles. The number of aromatic nitrogens is 2. The Balaban J connectivity index is 2.23. The van der Waals surface area contributed by atoms with Crippen molar-refractivity contribution in [3.8, 4) is 11.8 Å². The number of benzene rings is 1. The predicted molar refractivity (Wildman–Crippen MR) is 81.2 cm³/mol. The van der Waals surface area contributed by atoms with Gasteiger partial charge >= 0.3 is 5.69 Å². The van der Waals surface area contributed by atoms with Crippen molar-refractivity contribution in [3.63, 3.8) is 0 Å². The monoisotopic (exact) mass is 298 g/mol. The Morgan fingerprint density at radius 2 is 2.18 bits per heavy atom. The summed E-state index contributed by atoms with van der Waals surface area (Å²) in [6.45, 7) is -0.0296. The summed E-state index contributed by atoms with van der Waals surface area (Å²) in [5.74, 6) is 4.77. The lowest BCUT2D eigenvalue weighted by molar-refractivity contribution is -0.135. The molecule has 1 unspecified atom stereocenters. The molecule has 0 spiro atoms. The zero-order chi connectivity index (χ0) is 16.6. The minimum absolute atomic E-state index is 0.0296. The SMILES string of the molecule is [2H]CC#Cc1cccc2c1n(C)c(=O)n2C1CCC(=O)NC1=O. The molecule has 2 aromatic rings. The molecule has 1 aliphatic heterocycles. The largest absolute Gasteiger partial charge is 0.329 e. The second-order valence-corrected chi connectivity index (χ2v) is 5.15. The molecule has 1 aromatic heterocycles. The van der Waals surface area contributed by atoms with Crippen molar-refractivity contribution in [2.24, 2.45) is 7.05 Å². The van der Waals surface area contributed by atoms with Crippen molar-refractivity contribution in [1.29, 1.82) is 0 Å². The van der Waals surface area contributed by atoms with Gasteiger partial charge in [0.15, 0.2) is 0 Å². The van der Waals surface area contributed by atoms with Crippen molar-refractivity contribution in [2.75, 3.05) is 0 Å². The quantitative estimate of drug-likeness (QED) is 0.622. The Kier molecular flexibility index (Phi) is 3.04. The number of fused-ring (bicyclic) bond motifs is 1. The summed E-state index contributed by atoms with van der Waals surface area (Å²) in [6.07, 6.45) is 0.504. The Bertz CT molecular complexity index is 930. The van der Waals surface area contributed by atoms with E-state index in [4.69, 9.17) is 1.37 Å². The van der Waals surface area contributed by atoms with E-state index in [1.54, 1.807) is 25.2 Å². The number of hydrogen-bond donors (Lipinski definition) is 1. The molecule has 1 saturated heterocycles. The number of imidazole rings is 1. The highest BCUT2D eigenvalue weighted by atomic mass is 16.2. The second-order valence-electron chi connectivity index (χ2n) is 5.15. The number of carbonyl (C=O) groups is 2. The zero-order valence-electron chi connectivity index (χ0n) is 13.0. The highest BCUT2D eigenvalue weighted by Gasteiger charge is 2.31. The van der Waals surface area contributed by atoms with Crippen LogP contribution in [0.1, 0.15) is 32.7 Å². The Labute approximate surface area is 128 Å². The molecule has 2 amide bonds. The maximum Gasteiger partial charge on any atom is 0.329 e. The van der Waals surface area contributed by atoms with Crippen LogP contribution in [0.2, 0.25) is 0 Å². The summed E-state index contributed by atoms with van der Waals surface area (Å²) in [6, 6.07) is 4.59. The molecule has 0 radical (unpaired) electrons. The van der Waals surface area contributed by atoms with Gasteiger partial charge in [-0.15, -0.1) is 5.92 Å². The van der Waals surface area contributed by atoms with E-state index in [0.717, 1.165) is 0 Å². The van der Waals surface area contributed by atoms with Crippen molar-refractivity contribution >= 4 is 22.8 Å². The van der Waals surface area contributed by atoms with E-state index >= 15 is 0 Å². The Morgan fingerprint density at radius 1 is 1.36 bits per heavy atom. The van der Waals surface area contributed by atoms with Gasteiger partial charge in [0.2, 0.25) is 11.8 Å². The third-order valence-corrected chi connectivity index (χ3v) is 3.85. The molecule has 0 saturated carbocycles. The van der Waals surface area contributed by atoms with Crippen LogP contribution in [0.3, 0.4) is 0 Å². The third kappa shape index (κ3) is 2.02. The van der Waals surface area contributed by atoms with Gasteiger partial charge in [-0.05, 0) is 25.5 Å². The molecule has 6 heteroatoms. The number of imide groups is 1. The van der Waals surface area contributed by atoms with Crippen LogP contribution in [0.25, 0.3) is 11.0 Å². The number of nitrogens with zero attached hydrogens (tertiary/aromatic N) is 2. The summed E-state index contributed by atoms with van der Waals surface area (Å²) in [4.78, 5) is 36.0. The Morgan fingerprint density at radius 3 is 2.91 bits per heavy atom. The van der Waals surface area contributed by atoms with Crippen molar-refractivity contribution in [1.82, 2.24) is 14.5 Å². The number of nitrogens with one attached hydrogen (secondary N) is 1. The molecule has 1 N–H and O–H groups in total. The lowest BCUT2D eigenvalue weighted by atomic mass is 10.1. The van der Waals surface area contributed by atoms with Crippen molar-refractivity contribution in [2.45, 2.75) is 25.8 Å². The van der Waals surface area contributed by atoms with E-state index in [1.807, 2.05) is 0 Å². The zero-order valence-corrected chi connectivity index (χ0v) is 12.0. The molecule has 0 bridgehead atoms. The van der Waals surface area contributed by atoms with Gasteiger partial charge in [-0.25, -0.2) is 4.79 Å². The van der Waals surface area contributed by atoms with Crippen molar-refractivity contribution in [3.05, 3.63) is 34.2 Å². The van der Waals surface area contributed by atoms with E-state index in [9.17, 15) is 14.4 Å². The molecule has 3 rings (SSSR count). The fourth-order valence-electron chi connectivity index (χ4n) is 2.86. The van der Waals surface area contributed by atoms with Crippen LogP contribution in [0, 0.1) is 11.8 Å². The standard InChI is InChI=1S/C16H15N3O3/c1-3-5-10-6-4-7-11-14(10)18(2)16(22)19(11)12-8-9-13(20)17-15(12)21/h4,6-7,12H,8-9H2,1-2H3,(H,17,20,21)/i1D. The van der Waals surface area contributed by atoms with Crippen LogP contribution in [-0.2, 0) is 16.6 Å². The van der Waals surface area contributed by atoms with Gasteiger partial charge in [0.25, 0.3) is 0 Å². The predicted octanol–water partition coefficient (Wildman–Crippen LogP) is 0.689. The Hall–Kier alpha value is -2.81. The average Bonchev–Trinajstić information content (AvgIpc) is 2.78. The number of para-hydroxylation sites is 1. The van der Waals surface area contributed by atoms with Gasteiger partial charge in [0.1, 0.15) is 6.04 Å². The maximum absolute atomic E-state index is 12.6. The van der Waals surface area contributed by atoms with Crippen LogP contribution in [0.15, 0.2) is 23.0 Å². The molecular weight excluding hydrogens is 282 g/mol. The summed E-state index contributed by atoms with van der Waals surface area (Å²) in [5, 5.41) is 2.28. The number of rotatable bonds is 1. The van der Waals surface area contributed by atoms with Crippen LogP contribution in [0.4, 0.5) is 0 Å². The summed E-state index contributed by atoms with van der Waals surface area (Å²) < 4.78 is 10.0. The highest BCUT2D eigenvalue weighted by molar-refractivity contribution is 6.00. The van der Waals surface area contributed by atoms with E-state index in [-0.39, 0.29) is 24.9 Å². The van der Waals surface area contributed by atoms with Crippen molar-refractivity contribution < 1.29 is 11.0 Å². The lowest BCUT2D eigenvalue weighted by Crippen LogP contribution is -2.44. The first-order valence-electron chi connectivity index (χ1n) is 7.57. The summed E-state index contributed by atoms with van der Waals surface area (Å²) in [5.41, 5.74) is 1.54. The molecule has 1 aliphatic rings. The third-order valence-electron chi connectivity index (χ3n) is 3.85. The maximum atomic E-state index is 12.6. The van der Waals surface area contributed by atoms with Crippen LogP contribution < -0.4 is 11.0 Å². The molecule has 6 nitrogen and oxygen atoms in total. The molecular formula is C16H15N3O3. The van der Waals surface area contributed by atoms with E-state index in [0.29, 0.717) is 23.0 Å². The number of hydrogen-bond acceptors (Lipinski definition) is 3. The summed E-state index contributed by atoms with van der Waals surface area (Å²) >= 11 is 0. The summed E-state index contributed by atoms with van der Waals surface area (Å²) in [7, 11) is 1.62. The van der Waals surface area contributed by atoms with Crippen LogP contribution >= 0.6 is 0 Å². The molecule has 1 aromatic carbocycles. The first kappa shape index (κ1) is 12.9. The first-order valence-corrected chi connectivity index (χ1v) is 6.86. The molecule has 1 fully saturated rings. The van der Waals surface area contributed by atoms with Gasteiger partial charge in [0, 0.05) is 14.8 Å². The first-order chi connectivity index (χ1) is 11.0. The number of piperidine rings is 1. The van der Waals surface area contributed by atoms with Gasteiger partial charge in [-0.3, -0.25) is 24.0 Å². The second kappa shape index (κ2) is 5.19. The van der Waals surface area contributed by atoms with Gasteiger partial charge < -0.3 is 0 Å². The minimum atomic E-state index is -0.705. The number of aryl methyl sites for hydroxylation is 1. The number of carbonyl (C=O) groups excluding carboxylic acids is 2. The number of amides is 2. The smallest absolute Gasteiger partial charge is 0.295 e. The van der Waals surface area contributed by atoms with Gasteiger partial charge in [0.05, 0.1) is 16.6 Å². The fourth-order valence-corrected chi connectivity index (χ4v) is 2.86. The van der Waals surface area contributed by atoms with Crippen LogP contribution in [0.5, 0.6) is 0 Å². The van der Waals surface area contributed by atoms with E-state index < -0.39 is 11.9 Å². The van der Waals surface area contributed by atoms with Gasteiger partial charge in [-0.1, -0.05) is 12.0 Å². The average molecular weight is 298 g/mol. The fraction of sp³-hybridized carbons (Fsp3) is 0.312. The van der Waals surface area contributed by atoms with E-state index in [2.05, 4.69) is 17.2 Å². The molecule has 112 valence electrons. The highest BCUT2D eigenvalue weighted by Crippen LogP contribution is 2.24.